The maximum Gasteiger partial charge on any atom is 0.124 e. The van der Waals surface area contributed by atoms with Crippen molar-refractivity contribution in [1.29, 1.82) is 0 Å². The lowest BCUT2D eigenvalue weighted by molar-refractivity contribution is 0.270. The fourth-order valence-corrected chi connectivity index (χ4v) is 5.88. The number of phenolic OH excluding ortho intramolecular Hbond substituents is 2. The third-order valence-electron chi connectivity index (χ3n) is 8.73. The first kappa shape index (κ1) is 36.5. The summed E-state index contributed by atoms with van der Waals surface area (Å²) in [6.07, 6.45) is 0. The van der Waals surface area contributed by atoms with E-state index in [1.54, 1.807) is 0 Å². The zero-order valence-electron chi connectivity index (χ0n) is 27.8. The largest absolute Gasteiger partial charge is 0.507 e. The molecule has 4 rings (SSSR count). The Hall–Kier alpha value is -2.36. The van der Waals surface area contributed by atoms with Gasteiger partial charge in [0.25, 0.3) is 0 Å². The van der Waals surface area contributed by atoms with Crippen molar-refractivity contribution in [3.8, 4) is 11.5 Å². The molecule has 12 heteroatoms. The lowest BCUT2D eigenvalue weighted by Crippen LogP contribution is -2.42. The average Bonchev–Trinajstić information content (AvgIpc) is 3.06. The summed E-state index contributed by atoms with van der Waals surface area (Å²) in [5.41, 5.74) is 3.87. The Morgan fingerprint density at radius 2 is 0.739 bits per heavy atom. The zero-order valence-corrected chi connectivity index (χ0v) is 27.8. The quantitative estimate of drug-likeness (QED) is 0.111. The first-order valence-corrected chi connectivity index (χ1v) is 17.4. The van der Waals surface area contributed by atoms with Gasteiger partial charge in [0.15, 0.2) is 0 Å². The number of nitrogens with zero attached hydrogens (tertiary/aromatic N) is 2. The lowest BCUT2D eigenvalue weighted by Gasteiger charge is -2.24. The molecule has 0 aromatic heterocycles. The molecule has 46 heavy (non-hydrogen) atoms. The Morgan fingerprint density at radius 3 is 1.04 bits per heavy atom. The van der Waals surface area contributed by atoms with Crippen molar-refractivity contribution >= 4 is 0 Å². The third kappa shape index (κ3) is 13.8. The van der Waals surface area contributed by atoms with Gasteiger partial charge in [-0.1, -0.05) is 36.4 Å². The molecule has 0 amide bonds. The summed E-state index contributed by atoms with van der Waals surface area (Å²) in [5, 5.41) is 49.0. The van der Waals surface area contributed by atoms with Gasteiger partial charge in [-0.05, 0) is 0 Å². The molecule has 4 bridgehead atoms. The Balaban J connectivity index is 0.939. The lowest BCUT2D eigenvalue weighted by atomic mass is 10.1. The molecule has 2 heterocycles. The van der Waals surface area contributed by atoms with Crippen LogP contribution < -0.4 is 42.5 Å². The highest BCUT2D eigenvalue weighted by atomic mass is 16.3. The minimum absolute atomic E-state index is 0.421. The van der Waals surface area contributed by atoms with E-state index in [0.29, 0.717) is 37.7 Å². The second kappa shape index (κ2) is 22.3. The molecule has 0 atom stereocenters. The first-order valence-electron chi connectivity index (χ1n) is 17.4. The minimum atomic E-state index is 0.421. The molecule has 2 aliphatic heterocycles. The normalized spacial score (nSPS) is 17.8. The van der Waals surface area contributed by atoms with Crippen molar-refractivity contribution in [3.05, 3.63) is 58.7 Å². The summed E-state index contributed by atoms with van der Waals surface area (Å²) in [4.78, 5) is 4.99. The van der Waals surface area contributed by atoms with Crippen LogP contribution >= 0.6 is 0 Å². The van der Waals surface area contributed by atoms with Gasteiger partial charge in [0.1, 0.15) is 11.5 Å². The monoisotopic (exact) mass is 640 g/mol. The molecule has 258 valence electrons. The van der Waals surface area contributed by atoms with Crippen molar-refractivity contribution in [2.45, 2.75) is 26.2 Å². The second-order valence-corrected chi connectivity index (χ2v) is 12.2. The van der Waals surface area contributed by atoms with Crippen molar-refractivity contribution < 1.29 is 10.2 Å². The number of hydrogen-bond donors (Lipinski definition) is 10. The van der Waals surface area contributed by atoms with Crippen LogP contribution in [0.2, 0.25) is 0 Å². The van der Waals surface area contributed by atoms with Crippen LogP contribution in [0.1, 0.15) is 22.3 Å². The van der Waals surface area contributed by atoms with Crippen LogP contribution in [0.4, 0.5) is 0 Å². The van der Waals surface area contributed by atoms with Crippen molar-refractivity contribution in [1.82, 2.24) is 52.3 Å². The fraction of sp³-hybridized carbons (Fsp3) is 0.647. The predicted octanol–water partition coefficient (Wildman–Crippen LogP) is -0.854. The maximum atomic E-state index is 10.4. The van der Waals surface area contributed by atoms with Gasteiger partial charge in [-0.25, -0.2) is 0 Å². The second-order valence-electron chi connectivity index (χ2n) is 12.2. The summed E-state index contributed by atoms with van der Waals surface area (Å²) in [6, 6.07) is 12.0. The molecule has 12 nitrogen and oxygen atoms in total. The number of nitrogens with one attached hydrogen (secondary N) is 8. The first-order chi connectivity index (χ1) is 22.7. The van der Waals surface area contributed by atoms with Crippen molar-refractivity contribution in [2.24, 2.45) is 0 Å². The smallest absolute Gasteiger partial charge is 0.124 e. The van der Waals surface area contributed by atoms with E-state index in [1.807, 2.05) is 36.4 Å². The van der Waals surface area contributed by atoms with Gasteiger partial charge < -0.3 is 52.7 Å². The molecule has 0 radical (unpaired) electrons. The number of para-hydroxylation sites is 2. The van der Waals surface area contributed by atoms with Gasteiger partial charge in [0.2, 0.25) is 0 Å². The van der Waals surface area contributed by atoms with E-state index in [4.69, 9.17) is 0 Å². The van der Waals surface area contributed by atoms with Gasteiger partial charge >= 0.3 is 0 Å². The predicted molar refractivity (Wildman–Crippen MR) is 187 cm³/mol. The number of rotatable bonds is 15. The molecule has 0 saturated heterocycles. The number of phenols is 2. The molecular formula is C34H60N10O2. The maximum absolute atomic E-state index is 10.4. The van der Waals surface area contributed by atoms with Crippen LogP contribution in [0.15, 0.2) is 36.4 Å². The topological polar surface area (TPSA) is 143 Å². The summed E-state index contributed by atoms with van der Waals surface area (Å²) in [7, 11) is 0. The highest BCUT2D eigenvalue weighted by Crippen LogP contribution is 2.23. The van der Waals surface area contributed by atoms with Crippen molar-refractivity contribution in [2.75, 3.05) is 118 Å². The van der Waals surface area contributed by atoms with Crippen LogP contribution in [0.25, 0.3) is 0 Å². The van der Waals surface area contributed by atoms with E-state index in [1.165, 1.54) is 0 Å². The molecule has 0 spiro atoms. The summed E-state index contributed by atoms with van der Waals surface area (Å²) in [6.45, 7) is 20.2. The van der Waals surface area contributed by atoms with Crippen LogP contribution in [0.5, 0.6) is 11.5 Å². The standard InChI is InChI=1S/C34H60N10O2/c45-33-29-3-1-4-30(33)26-40-16-22-43(21-15-39-25-29)19-13-37-11-9-35-7-8-36-10-12-38-14-20-44-23-17-41-27-31-5-2-6-32(34(31)46)28-42-18-24-44/h1-6,35-42,45-46H,7-28H2. The molecule has 0 fully saturated rings. The minimum Gasteiger partial charge on any atom is -0.507 e. The van der Waals surface area contributed by atoms with Crippen LogP contribution in [0.3, 0.4) is 0 Å². The number of hydrogen-bond acceptors (Lipinski definition) is 12. The molecule has 0 aliphatic carbocycles. The molecule has 2 aliphatic rings. The van der Waals surface area contributed by atoms with E-state index in [2.05, 4.69) is 52.3 Å². The SMILES string of the molecule is Oc1c2cccc1CNCCN(CCNCCNCCNCCNCCN1CCNCc3cccc(c3O)CNCC1)CCNC2. The molecular weight excluding hydrogens is 580 g/mol. The van der Waals surface area contributed by atoms with E-state index >= 15 is 0 Å². The van der Waals surface area contributed by atoms with Gasteiger partial charge in [-0.2, -0.15) is 0 Å². The van der Waals surface area contributed by atoms with E-state index in [9.17, 15) is 10.2 Å². The van der Waals surface area contributed by atoms with Crippen LogP contribution in [0, 0.1) is 0 Å². The average molecular weight is 641 g/mol. The summed E-state index contributed by atoms with van der Waals surface area (Å²) >= 11 is 0. The number of benzene rings is 2. The van der Waals surface area contributed by atoms with Gasteiger partial charge in [0.05, 0.1) is 0 Å². The van der Waals surface area contributed by atoms with E-state index < -0.39 is 0 Å². The summed E-state index contributed by atoms with van der Waals surface area (Å²) < 4.78 is 0. The third-order valence-corrected chi connectivity index (χ3v) is 8.73. The molecule has 10 N–H and O–H groups in total. The van der Waals surface area contributed by atoms with E-state index in [-0.39, 0.29) is 0 Å². The Morgan fingerprint density at radius 1 is 0.457 bits per heavy atom. The Bertz CT molecular complexity index is 962. The van der Waals surface area contributed by atoms with Gasteiger partial charge in [-0.15, -0.1) is 0 Å². The summed E-state index contributed by atoms with van der Waals surface area (Å²) in [5.74, 6) is 0.842. The number of fused-ring (bicyclic) bond motifs is 4. The highest BCUT2D eigenvalue weighted by Gasteiger charge is 2.11. The van der Waals surface area contributed by atoms with Gasteiger partial charge in [-0.3, -0.25) is 9.80 Å². The Kier molecular flexibility index (Phi) is 17.6. The molecule has 2 aromatic carbocycles. The van der Waals surface area contributed by atoms with Gasteiger partial charge in [0, 0.05) is 166 Å². The van der Waals surface area contributed by atoms with Crippen LogP contribution in [-0.4, -0.2) is 138 Å². The highest BCUT2D eigenvalue weighted by molar-refractivity contribution is 5.41. The molecule has 0 saturated carbocycles. The molecule has 0 unspecified atom stereocenters. The zero-order chi connectivity index (χ0) is 32.1. The fourth-order valence-electron chi connectivity index (χ4n) is 5.88. The number of aromatic hydroxyl groups is 2. The molecule has 2 aromatic rings. The Labute approximate surface area is 276 Å². The van der Waals surface area contributed by atoms with E-state index in [0.717, 1.165) is 140 Å². The van der Waals surface area contributed by atoms with Crippen LogP contribution in [-0.2, 0) is 26.2 Å². The van der Waals surface area contributed by atoms with Crippen molar-refractivity contribution in [3.63, 3.8) is 0 Å².